The number of aryl methyl sites for hydroxylation is 1. The summed E-state index contributed by atoms with van der Waals surface area (Å²) in [6.07, 6.45) is 0.249. The molecule has 98 valence electrons. The van der Waals surface area contributed by atoms with E-state index in [-0.39, 0.29) is 30.6 Å². The smallest absolute Gasteiger partial charge is 0.251 e. The van der Waals surface area contributed by atoms with Gasteiger partial charge >= 0.3 is 0 Å². The Kier molecular flexibility index (Phi) is 4.83. The van der Waals surface area contributed by atoms with Crippen molar-refractivity contribution in [2.75, 3.05) is 20.6 Å². The number of hydrogen-bond donors (Lipinski definition) is 1. The number of halogens is 1. The Morgan fingerprint density at radius 1 is 1.33 bits per heavy atom. The van der Waals surface area contributed by atoms with Crippen molar-refractivity contribution in [2.24, 2.45) is 0 Å². The zero-order valence-electron chi connectivity index (χ0n) is 10.8. The van der Waals surface area contributed by atoms with Crippen LogP contribution in [0, 0.1) is 12.7 Å². The van der Waals surface area contributed by atoms with Gasteiger partial charge in [-0.2, -0.15) is 0 Å². The molecule has 1 aromatic rings. The second-order valence-electron chi connectivity index (χ2n) is 4.26. The highest BCUT2D eigenvalue weighted by Crippen LogP contribution is 2.08. The third kappa shape index (κ3) is 3.84. The summed E-state index contributed by atoms with van der Waals surface area (Å²) < 4.78 is 13.0. The largest absolute Gasteiger partial charge is 0.352 e. The van der Waals surface area contributed by atoms with E-state index < -0.39 is 0 Å². The van der Waals surface area contributed by atoms with Crippen LogP contribution in [0.2, 0.25) is 0 Å². The SMILES string of the molecule is Cc1cc(C(=O)NCCC(=O)N(C)C)ccc1F. The molecule has 0 aliphatic heterocycles. The van der Waals surface area contributed by atoms with Crippen molar-refractivity contribution >= 4 is 11.8 Å². The molecule has 1 aromatic carbocycles. The lowest BCUT2D eigenvalue weighted by atomic mass is 10.1. The van der Waals surface area contributed by atoms with Gasteiger partial charge in [0.1, 0.15) is 5.82 Å². The van der Waals surface area contributed by atoms with Crippen molar-refractivity contribution in [3.05, 3.63) is 35.1 Å². The molecule has 5 heteroatoms. The number of nitrogens with one attached hydrogen (secondary N) is 1. The van der Waals surface area contributed by atoms with Crippen LogP contribution in [-0.2, 0) is 4.79 Å². The van der Waals surface area contributed by atoms with E-state index in [9.17, 15) is 14.0 Å². The minimum absolute atomic E-state index is 0.0504. The molecule has 0 radical (unpaired) electrons. The molecule has 0 bridgehead atoms. The number of hydrogen-bond acceptors (Lipinski definition) is 2. The highest BCUT2D eigenvalue weighted by Gasteiger charge is 2.09. The lowest BCUT2D eigenvalue weighted by molar-refractivity contribution is -0.128. The van der Waals surface area contributed by atoms with E-state index in [1.807, 2.05) is 0 Å². The molecule has 4 nitrogen and oxygen atoms in total. The number of rotatable bonds is 4. The van der Waals surface area contributed by atoms with Crippen molar-refractivity contribution in [1.29, 1.82) is 0 Å². The van der Waals surface area contributed by atoms with Gasteiger partial charge in [0, 0.05) is 32.6 Å². The molecule has 0 unspecified atom stereocenters. The molecular weight excluding hydrogens is 235 g/mol. The molecular formula is C13H17FN2O2. The zero-order valence-corrected chi connectivity index (χ0v) is 10.8. The predicted molar refractivity (Wildman–Crippen MR) is 66.8 cm³/mol. The van der Waals surface area contributed by atoms with E-state index in [1.165, 1.54) is 23.1 Å². The fourth-order valence-electron chi connectivity index (χ4n) is 1.39. The lowest BCUT2D eigenvalue weighted by Crippen LogP contribution is -2.30. The summed E-state index contributed by atoms with van der Waals surface area (Å²) in [5, 5.41) is 2.62. The van der Waals surface area contributed by atoms with Crippen molar-refractivity contribution in [1.82, 2.24) is 10.2 Å². The fourth-order valence-corrected chi connectivity index (χ4v) is 1.39. The topological polar surface area (TPSA) is 49.4 Å². The summed E-state index contributed by atoms with van der Waals surface area (Å²) >= 11 is 0. The maximum absolute atomic E-state index is 13.0. The average molecular weight is 252 g/mol. The molecule has 0 atom stereocenters. The van der Waals surface area contributed by atoms with Crippen LogP contribution in [0.25, 0.3) is 0 Å². The van der Waals surface area contributed by atoms with Crippen LogP contribution in [0.5, 0.6) is 0 Å². The maximum atomic E-state index is 13.0. The van der Waals surface area contributed by atoms with Crippen LogP contribution in [0.15, 0.2) is 18.2 Å². The van der Waals surface area contributed by atoms with Gasteiger partial charge in [-0.15, -0.1) is 0 Å². The summed E-state index contributed by atoms with van der Waals surface area (Å²) in [5.41, 5.74) is 0.818. The summed E-state index contributed by atoms with van der Waals surface area (Å²) in [7, 11) is 3.32. The molecule has 0 heterocycles. The van der Waals surface area contributed by atoms with Crippen LogP contribution in [0.3, 0.4) is 0 Å². The molecule has 0 fully saturated rings. The Morgan fingerprint density at radius 2 is 2.00 bits per heavy atom. The molecule has 0 spiro atoms. The molecule has 18 heavy (non-hydrogen) atoms. The number of benzene rings is 1. The van der Waals surface area contributed by atoms with Gasteiger partial charge in [-0.05, 0) is 30.7 Å². The molecule has 2 amide bonds. The Labute approximate surface area is 106 Å². The molecule has 1 N–H and O–H groups in total. The molecule has 0 saturated carbocycles. The number of amides is 2. The average Bonchev–Trinajstić information content (AvgIpc) is 2.32. The van der Waals surface area contributed by atoms with Gasteiger partial charge in [-0.3, -0.25) is 9.59 Å². The first kappa shape index (κ1) is 14.2. The Hall–Kier alpha value is -1.91. The fraction of sp³-hybridized carbons (Fsp3) is 0.385. The van der Waals surface area contributed by atoms with Crippen molar-refractivity contribution < 1.29 is 14.0 Å². The van der Waals surface area contributed by atoms with Gasteiger partial charge in [0.05, 0.1) is 0 Å². The second kappa shape index (κ2) is 6.14. The number of nitrogens with zero attached hydrogens (tertiary/aromatic N) is 1. The Morgan fingerprint density at radius 3 is 2.56 bits per heavy atom. The third-order valence-corrected chi connectivity index (χ3v) is 2.54. The molecule has 0 aliphatic rings. The number of carbonyl (C=O) groups is 2. The Balaban J connectivity index is 2.50. The predicted octanol–water partition coefficient (Wildman–Crippen LogP) is 1.34. The zero-order chi connectivity index (χ0) is 13.7. The van der Waals surface area contributed by atoms with Crippen LogP contribution in [-0.4, -0.2) is 37.4 Å². The first-order valence-corrected chi connectivity index (χ1v) is 5.66. The van der Waals surface area contributed by atoms with E-state index in [4.69, 9.17) is 0 Å². The van der Waals surface area contributed by atoms with Crippen LogP contribution in [0.4, 0.5) is 4.39 Å². The van der Waals surface area contributed by atoms with Gasteiger partial charge < -0.3 is 10.2 Å². The van der Waals surface area contributed by atoms with Crippen LogP contribution in [0.1, 0.15) is 22.3 Å². The quantitative estimate of drug-likeness (QED) is 0.879. The normalized spacial score (nSPS) is 10.0. The lowest BCUT2D eigenvalue weighted by Gasteiger charge is -2.10. The number of carbonyl (C=O) groups excluding carboxylic acids is 2. The van der Waals surface area contributed by atoms with E-state index in [1.54, 1.807) is 21.0 Å². The second-order valence-corrected chi connectivity index (χ2v) is 4.26. The van der Waals surface area contributed by atoms with Crippen molar-refractivity contribution in [2.45, 2.75) is 13.3 Å². The van der Waals surface area contributed by atoms with E-state index >= 15 is 0 Å². The maximum Gasteiger partial charge on any atom is 0.251 e. The van der Waals surface area contributed by atoms with Crippen LogP contribution >= 0.6 is 0 Å². The van der Waals surface area contributed by atoms with Crippen molar-refractivity contribution in [3.63, 3.8) is 0 Å². The molecule has 0 saturated heterocycles. The van der Waals surface area contributed by atoms with E-state index in [2.05, 4.69) is 5.32 Å². The Bertz CT molecular complexity index is 458. The monoisotopic (exact) mass is 252 g/mol. The van der Waals surface area contributed by atoms with Gasteiger partial charge in [0.2, 0.25) is 5.91 Å². The van der Waals surface area contributed by atoms with Gasteiger partial charge in [-0.1, -0.05) is 0 Å². The molecule has 1 rings (SSSR count). The van der Waals surface area contributed by atoms with Gasteiger partial charge in [-0.25, -0.2) is 4.39 Å². The minimum atomic E-state index is -0.339. The van der Waals surface area contributed by atoms with E-state index in [0.717, 1.165) is 0 Å². The third-order valence-electron chi connectivity index (χ3n) is 2.54. The van der Waals surface area contributed by atoms with Crippen molar-refractivity contribution in [3.8, 4) is 0 Å². The summed E-state index contributed by atoms with van der Waals surface area (Å²) in [5.74, 6) is -0.690. The first-order valence-electron chi connectivity index (χ1n) is 5.66. The molecule has 0 aliphatic carbocycles. The minimum Gasteiger partial charge on any atom is -0.352 e. The standard InChI is InChI=1S/C13H17FN2O2/c1-9-8-10(4-5-11(9)14)13(18)15-7-6-12(17)16(2)3/h4-5,8H,6-7H2,1-3H3,(H,15,18). The highest BCUT2D eigenvalue weighted by atomic mass is 19.1. The summed E-state index contributed by atoms with van der Waals surface area (Å²) in [6, 6.07) is 4.17. The first-order chi connectivity index (χ1) is 8.41. The van der Waals surface area contributed by atoms with E-state index in [0.29, 0.717) is 11.1 Å². The summed E-state index contributed by atoms with van der Waals surface area (Å²) in [6.45, 7) is 1.87. The summed E-state index contributed by atoms with van der Waals surface area (Å²) in [4.78, 5) is 24.5. The van der Waals surface area contributed by atoms with Gasteiger partial charge in [0.25, 0.3) is 5.91 Å². The van der Waals surface area contributed by atoms with Gasteiger partial charge in [0.15, 0.2) is 0 Å². The van der Waals surface area contributed by atoms with Crippen LogP contribution < -0.4 is 5.32 Å². The molecule has 0 aromatic heterocycles. The highest BCUT2D eigenvalue weighted by molar-refractivity contribution is 5.94.